The summed E-state index contributed by atoms with van der Waals surface area (Å²) < 4.78 is 0. The van der Waals surface area contributed by atoms with Gasteiger partial charge in [0.2, 0.25) is 0 Å². The van der Waals surface area contributed by atoms with Gasteiger partial charge in [0, 0.05) is 38.1 Å². The maximum absolute atomic E-state index is 9.57. The van der Waals surface area contributed by atoms with Crippen molar-refractivity contribution in [2.45, 2.75) is 32.6 Å². The molecule has 4 rings (SSSR count). The summed E-state index contributed by atoms with van der Waals surface area (Å²) in [5, 5.41) is 9.57. The van der Waals surface area contributed by atoms with Crippen LogP contribution < -0.4 is 9.80 Å². The number of aromatic nitrogens is 2. The maximum Gasteiger partial charge on any atom is 0.146 e. The predicted octanol–water partition coefficient (Wildman–Crippen LogP) is 2.86. The number of anilines is 2. The lowest BCUT2D eigenvalue weighted by molar-refractivity contribution is 0.630. The van der Waals surface area contributed by atoms with Crippen LogP contribution in [0.4, 0.5) is 11.6 Å². The Hall–Kier alpha value is -2.61. The zero-order chi connectivity index (χ0) is 17.2. The number of fused-ring (bicyclic) bond motifs is 1. The van der Waals surface area contributed by atoms with Gasteiger partial charge in [0.25, 0.3) is 0 Å². The van der Waals surface area contributed by atoms with Gasteiger partial charge in [-0.1, -0.05) is 0 Å². The molecule has 5 heteroatoms. The van der Waals surface area contributed by atoms with E-state index in [9.17, 15) is 5.26 Å². The average molecular weight is 333 g/mol. The Labute approximate surface area is 148 Å². The molecule has 0 atom stereocenters. The monoisotopic (exact) mass is 333 g/mol. The fourth-order valence-corrected chi connectivity index (χ4v) is 3.79. The zero-order valence-corrected chi connectivity index (χ0v) is 14.7. The third-order valence-corrected chi connectivity index (χ3v) is 5.21. The van der Waals surface area contributed by atoms with Crippen molar-refractivity contribution in [3.8, 4) is 6.07 Å². The van der Waals surface area contributed by atoms with E-state index >= 15 is 0 Å². The Morgan fingerprint density at radius 1 is 1.04 bits per heavy atom. The molecule has 0 radical (unpaired) electrons. The normalized spacial score (nSPS) is 17.1. The molecule has 2 aliphatic rings. The Bertz CT molecular complexity index is 815. The molecule has 5 nitrogen and oxygen atoms in total. The van der Waals surface area contributed by atoms with E-state index in [2.05, 4.69) is 39.9 Å². The number of nitriles is 1. The van der Waals surface area contributed by atoms with Crippen molar-refractivity contribution in [3.63, 3.8) is 0 Å². The molecule has 0 saturated carbocycles. The average Bonchev–Trinajstić information content (AvgIpc) is 2.67. The van der Waals surface area contributed by atoms with Gasteiger partial charge in [0.05, 0.1) is 5.56 Å². The first-order valence-electron chi connectivity index (χ1n) is 9.10. The standard InChI is InChI=1S/C20H23N5/c1-15-6-7-22-19(12-15)24-8-10-25(11-9-24)20-17(14-21)13-16-4-2-3-5-18(16)23-20/h6-7,12-13H,2-5,8-11H2,1H3. The zero-order valence-electron chi connectivity index (χ0n) is 14.7. The molecule has 0 aromatic carbocycles. The summed E-state index contributed by atoms with van der Waals surface area (Å²) in [5.41, 5.74) is 4.43. The summed E-state index contributed by atoms with van der Waals surface area (Å²) >= 11 is 0. The molecule has 1 saturated heterocycles. The molecule has 0 unspecified atom stereocenters. The molecule has 2 aromatic rings. The predicted molar refractivity (Wildman–Crippen MR) is 99.0 cm³/mol. The molecule has 25 heavy (non-hydrogen) atoms. The van der Waals surface area contributed by atoms with E-state index in [4.69, 9.17) is 4.98 Å². The third kappa shape index (κ3) is 3.17. The largest absolute Gasteiger partial charge is 0.353 e. The Kier molecular flexibility index (Phi) is 4.27. The Balaban J connectivity index is 1.53. The van der Waals surface area contributed by atoms with Crippen LogP contribution in [-0.4, -0.2) is 36.1 Å². The van der Waals surface area contributed by atoms with Gasteiger partial charge in [0.15, 0.2) is 0 Å². The molecule has 3 heterocycles. The number of nitrogens with zero attached hydrogens (tertiary/aromatic N) is 5. The summed E-state index contributed by atoms with van der Waals surface area (Å²) in [6.45, 7) is 5.64. The van der Waals surface area contributed by atoms with E-state index < -0.39 is 0 Å². The van der Waals surface area contributed by atoms with Crippen molar-refractivity contribution in [2.24, 2.45) is 0 Å². The third-order valence-electron chi connectivity index (χ3n) is 5.21. The highest BCUT2D eigenvalue weighted by atomic mass is 15.3. The van der Waals surface area contributed by atoms with E-state index in [0.717, 1.165) is 56.2 Å². The molecule has 128 valence electrons. The van der Waals surface area contributed by atoms with Crippen LogP contribution >= 0.6 is 0 Å². The fourth-order valence-electron chi connectivity index (χ4n) is 3.79. The van der Waals surface area contributed by atoms with Crippen molar-refractivity contribution in [1.29, 1.82) is 5.26 Å². The lowest BCUT2D eigenvalue weighted by atomic mass is 9.95. The van der Waals surface area contributed by atoms with Crippen LogP contribution in [0.5, 0.6) is 0 Å². The second kappa shape index (κ2) is 6.72. The topological polar surface area (TPSA) is 56.1 Å². The minimum absolute atomic E-state index is 0.725. The molecular weight excluding hydrogens is 310 g/mol. The highest BCUT2D eigenvalue weighted by Crippen LogP contribution is 2.27. The van der Waals surface area contributed by atoms with Crippen molar-refractivity contribution in [1.82, 2.24) is 9.97 Å². The van der Waals surface area contributed by atoms with Gasteiger partial charge in [-0.25, -0.2) is 9.97 Å². The molecule has 1 fully saturated rings. The van der Waals surface area contributed by atoms with Gasteiger partial charge in [-0.2, -0.15) is 5.26 Å². The lowest BCUT2D eigenvalue weighted by Gasteiger charge is -2.36. The number of hydrogen-bond donors (Lipinski definition) is 0. The van der Waals surface area contributed by atoms with Gasteiger partial charge in [0.1, 0.15) is 17.7 Å². The first kappa shape index (κ1) is 15.9. The molecule has 0 bridgehead atoms. The van der Waals surface area contributed by atoms with Crippen molar-refractivity contribution >= 4 is 11.6 Å². The van der Waals surface area contributed by atoms with Crippen LogP contribution in [0.25, 0.3) is 0 Å². The van der Waals surface area contributed by atoms with Crippen LogP contribution in [0, 0.1) is 18.3 Å². The van der Waals surface area contributed by atoms with E-state index in [0.29, 0.717) is 0 Å². The van der Waals surface area contributed by atoms with Crippen LogP contribution in [0.3, 0.4) is 0 Å². The van der Waals surface area contributed by atoms with Crippen molar-refractivity contribution < 1.29 is 0 Å². The molecule has 1 aliphatic heterocycles. The number of aryl methyl sites for hydroxylation is 3. The summed E-state index contributed by atoms with van der Waals surface area (Å²) in [6.07, 6.45) is 6.39. The molecular formula is C20H23N5. The number of rotatable bonds is 2. The Morgan fingerprint density at radius 3 is 2.56 bits per heavy atom. The SMILES string of the molecule is Cc1ccnc(N2CCN(c3nc4c(cc3C#N)CCCC4)CC2)c1. The summed E-state index contributed by atoms with van der Waals surface area (Å²) in [6, 6.07) is 8.59. The van der Waals surface area contributed by atoms with Crippen molar-refractivity contribution in [2.75, 3.05) is 36.0 Å². The quantitative estimate of drug-likeness (QED) is 0.846. The number of pyridine rings is 2. The lowest BCUT2D eigenvalue weighted by Crippen LogP contribution is -2.47. The molecule has 1 aliphatic carbocycles. The van der Waals surface area contributed by atoms with Gasteiger partial charge >= 0.3 is 0 Å². The van der Waals surface area contributed by atoms with Crippen LogP contribution in [0.1, 0.15) is 35.2 Å². The number of piperazine rings is 1. The van der Waals surface area contributed by atoms with Crippen LogP contribution in [-0.2, 0) is 12.8 Å². The summed E-state index contributed by atoms with van der Waals surface area (Å²) in [4.78, 5) is 14.0. The second-order valence-electron chi connectivity index (χ2n) is 6.95. The smallest absolute Gasteiger partial charge is 0.146 e. The van der Waals surface area contributed by atoms with Gasteiger partial charge in [-0.15, -0.1) is 0 Å². The van der Waals surface area contributed by atoms with E-state index in [-0.39, 0.29) is 0 Å². The summed E-state index contributed by atoms with van der Waals surface area (Å²) in [7, 11) is 0. The fraction of sp³-hybridized carbons (Fsp3) is 0.450. The van der Waals surface area contributed by atoms with Gasteiger partial charge in [-0.05, 0) is 61.9 Å². The second-order valence-corrected chi connectivity index (χ2v) is 6.95. The van der Waals surface area contributed by atoms with Gasteiger partial charge in [-0.3, -0.25) is 0 Å². The maximum atomic E-state index is 9.57. The number of hydrogen-bond acceptors (Lipinski definition) is 5. The van der Waals surface area contributed by atoms with E-state index in [1.54, 1.807) is 0 Å². The summed E-state index contributed by atoms with van der Waals surface area (Å²) in [5.74, 6) is 1.92. The minimum Gasteiger partial charge on any atom is -0.353 e. The molecule has 2 aromatic heterocycles. The van der Waals surface area contributed by atoms with Crippen molar-refractivity contribution in [3.05, 3.63) is 46.8 Å². The molecule has 0 spiro atoms. The van der Waals surface area contributed by atoms with Crippen LogP contribution in [0.2, 0.25) is 0 Å². The van der Waals surface area contributed by atoms with Gasteiger partial charge < -0.3 is 9.80 Å². The molecule has 0 N–H and O–H groups in total. The van der Waals surface area contributed by atoms with Crippen LogP contribution in [0.15, 0.2) is 24.4 Å². The molecule has 0 amide bonds. The van der Waals surface area contributed by atoms with E-state index in [1.807, 2.05) is 12.3 Å². The minimum atomic E-state index is 0.725. The Morgan fingerprint density at radius 2 is 1.80 bits per heavy atom. The highest BCUT2D eigenvalue weighted by Gasteiger charge is 2.23. The van der Waals surface area contributed by atoms with E-state index in [1.165, 1.54) is 29.7 Å². The first-order valence-corrected chi connectivity index (χ1v) is 9.10. The highest BCUT2D eigenvalue weighted by molar-refractivity contribution is 5.57. The first-order chi connectivity index (χ1) is 12.2.